The van der Waals surface area contributed by atoms with Gasteiger partial charge in [0.25, 0.3) is 11.6 Å². The van der Waals surface area contributed by atoms with Crippen molar-refractivity contribution in [3.05, 3.63) is 104 Å². The molecule has 164 valence electrons. The molecule has 4 rings (SSSR count). The molecule has 0 atom stereocenters. The van der Waals surface area contributed by atoms with Gasteiger partial charge in [0.2, 0.25) is 0 Å². The lowest BCUT2D eigenvalue weighted by atomic mass is 10.2. The first-order chi connectivity index (χ1) is 15.9. The molecule has 1 N–H and O–H groups in total. The number of halogens is 1. The number of benzene rings is 3. The van der Waals surface area contributed by atoms with Crippen LogP contribution in [0.1, 0.15) is 25.6 Å². The minimum Gasteiger partial charge on any atom is -0.422 e. The van der Waals surface area contributed by atoms with E-state index in [1.165, 1.54) is 35.8 Å². The molecule has 4 aromatic rings. The van der Waals surface area contributed by atoms with Crippen LogP contribution in [0.25, 0.3) is 10.1 Å². The number of thiophene rings is 1. The summed E-state index contributed by atoms with van der Waals surface area (Å²) in [6, 6.07) is 19.3. The van der Waals surface area contributed by atoms with Gasteiger partial charge in [-0.15, -0.1) is 11.3 Å². The van der Waals surface area contributed by atoms with Gasteiger partial charge in [0.15, 0.2) is 0 Å². The van der Waals surface area contributed by atoms with E-state index >= 15 is 0 Å². The predicted octanol–water partition coefficient (Wildman–Crippen LogP) is 5.45. The van der Waals surface area contributed by atoms with Gasteiger partial charge in [-0.25, -0.2) is 10.2 Å². The smallest absolute Gasteiger partial charge is 0.355 e. The van der Waals surface area contributed by atoms with E-state index in [4.69, 9.17) is 16.3 Å². The number of hydrazone groups is 1. The van der Waals surface area contributed by atoms with Gasteiger partial charge in [0.05, 0.1) is 16.2 Å². The van der Waals surface area contributed by atoms with E-state index in [2.05, 4.69) is 10.5 Å². The van der Waals surface area contributed by atoms with Crippen molar-refractivity contribution in [2.45, 2.75) is 0 Å². The molecule has 10 heteroatoms. The van der Waals surface area contributed by atoms with Crippen LogP contribution in [0.2, 0.25) is 5.02 Å². The van der Waals surface area contributed by atoms with Crippen LogP contribution in [0.5, 0.6) is 5.75 Å². The molecule has 0 spiro atoms. The number of esters is 1. The second-order valence-electron chi connectivity index (χ2n) is 6.68. The molecule has 33 heavy (non-hydrogen) atoms. The number of carbonyl (C=O) groups is 2. The van der Waals surface area contributed by atoms with Crippen molar-refractivity contribution in [1.82, 2.24) is 5.43 Å². The maximum atomic E-state index is 12.7. The zero-order valence-corrected chi connectivity index (χ0v) is 18.3. The number of non-ortho nitro benzene ring substituents is 1. The normalized spacial score (nSPS) is 10.9. The van der Waals surface area contributed by atoms with Crippen LogP contribution < -0.4 is 10.2 Å². The molecule has 1 amide bonds. The highest BCUT2D eigenvalue weighted by Gasteiger charge is 2.19. The van der Waals surface area contributed by atoms with E-state index < -0.39 is 16.8 Å². The number of nitro groups is 1. The summed E-state index contributed by atoms with van der Waals surface area (Å²) in [7, 11) is 0. The molecule has 8 nitrogen and oxygen atoms in total. The standard InChI is InChI=1S/C23H14ClN3O5S/c24-20-17-9-2-4-11-19(17)33-21(20)23(29)32-18-10-3-1-6-15(18)13-25-26-22(28)14-7-5-8-16(12-14)27(30)31/h1-13H,(H,26,28)/b25-13+. The lowest BCUT2D eigenvalue weighted by Crippen LogP contribution is -2.17. The van der Waals surface area contributed by atoms with Crippen molar-refractivity contribution in [2.24, 2.45) is 5.10 Å². The van der Waals surface area contributed by atoms with Crippen LogP contribution in [-0.4, -0.2) is 23.0 Å². The predicted molar refractivity (Wildman–Crippen MR) is 126 cm³/mol. The van der Waals surface area contributed by atoms with E-state index in [0.717, 1.165) is 16.2 Å². The van der Waals surface area contributed by atoms with Crippen molar-refractivity contribution in [2.75, 3.05) is 0 Å². The Morgan fingerprint density at radius 2 is 1.82 bits per heavy atom. The second-order valence-corrected chi connectivity index (χ2v) is 8.11. The maximum absolute atomic E-state index is 12.7. The molecule has 0 fully saturated rings. The zero-order chi connectivity index (χ0) is 23.4. The van der Waals surface area contributed by atoms with Crippen molar-refractivity contribution >= 4 is 56.8 Å². The summed E-state index contributed by atoms with van der Waals surface area (Å²) in [5.41, 5.74) is 2.61. The number of amides is 1. The fourth-order valence-corrected chi connectivity index (χ4v) is 4.34. The third-order valence-electron chi connectivity index (χ3n) is 4.53. The third-order valence-corrected chi connectivity index (χ3v) is 6.19. The van der Waals surface area contributed by atoms with Crippen LogP contribution in [0.3, 0.4) is 0 Å². The zero-order valence-electron chi connectivity index (χ0n) is 16.7. The van der Waals surface area contributed by atoms with Crippen LogP contribution in [0.4, 0.5) is 5.69 Å². The average Bonchev–Trinajstić information content (AvgIpc) is 3.17. The van der Waals surface area contributed by atoms with Gasteiger partial charge in [-0.3, -0.25) is 14.9 Å². The minimum atomic E-state index is -0.624. The number of rotatable bonds is 6. The fraction of sp³-hybridized carbons (Fsp3) is 0. The van der Waals surface area contributed by atoms with Crippen molar-refractivity contribution < 1.29 is 19.2 Å². The van der Waals surface area contributed by atoms with E-state index in [0.29, 0.717) is 10.6 Å². The molecular weight excluding hydrogens is 466 g/mol. The highest BCUT2D eigenvalue weighted by Crippen LogP contribution is 2.36. The fourth-order valence-electron chi connectivity index (χ4n) is 2.96. The number of para-hydroxylation sites is 1. The van der Waals surface area contributed by atoms with Gasteiger partial charge in [-0.2, -0.15) is 5.10 Å². The molecule has 0 bridgehead atoms. The first kappa shape index (κ1) is 22.1. The van der Waals surface area contributed by atoms with Crippen molar-refractivity contribution in [3.63, 3.8) is 0 Å². The SMILES string of the molecule is O=C(N/N=C/c1ccccc1OC(=O)c1sc2ccccc2c1Cl)c1cccc([N+](=O)[O-])c1. The Balaban J connectivity index is 1.49. The summed E-state index contributed by atoms with van der Waals surface area (Å²) < 4.78 is 6.40. The average molecular weight is 480 g/mol. The molecule has 0 aliphatic heterocycles. The molecule has 0 saturated carbocycles. The summed E-state index contributed by atoms with van der Waals surface area (Å²) in [4.78, 5) is 35.5. The quantitative estimate of drug-likeness (QED) is 0.130. The maximum Gasteiger partial charge on any atom is 0.355 e. The summed E-state index contributed by atoms with van der Waals surface area (Å²) in [6.07, 6.45) is 1.31. The summed E-state index contributed by atoms with van der Waals surface area (Å²) >= 11 is 7.59. The molecule has 1 heterocycles. The van der Waals surface area contributed by atoms with Gasteiger partial charge in [-0.05, 0) is 24.3 Å². The summed E-state index contributed by atoms with van der Waals surface area (Å²) in [5.74, 6) is -1.01. The van der Waals surface area contributed by atoms with Gasteiger partial charge in [0.1, 0.15) is 10.6 Å². The topological polar surface area (TPSA) is 111 Å². The number of nitro benzene ring substituents is 1. The molecule has 1 aromatic heterocycles. The highest BCUT2D eigenvalue weighted by molar-refractivity contribution is 7.21. The van der Waals surface area contributed by atoms with Gasteiger partial charge < -0.3 is 4.74 Å². The van der Waals surface area contributed by atoms with Gasteiger partial charge >= 0.3 is 5.97 Å². The molecule has 0 radical (unpaired) electrons. The van der Waals surface area contributed by atoms with Crippen LogP contribution in [-0.2, 0) is 0 Å². The first-order valence-electron chi connectivity index (χ1n) is 9.50. The molecule has 0 unspecified atom stereocenters. The lowest BCUT2D eigenvalue weighted by Gasteiger charge is -2.06. The molecular formula is C23H14ClN3O5S. The van der Waals surface area contributed by atoms with E-state index in [9.17, 15) is 19.7 Å². The Labute approximate surface area is 196 Å². The molecule has 0 aliphatic rings. The van der Waals surface area contributed by atoms with Crippen LogP contribution in [0, 0.1) is 10.1 Å². The van der Waals surface area contributed by atoms with E-state index in [1.54, 1.807) is 24.3 Å². The number of nitrogens with zero attached hydrogens (tertiary/aromatic N) is 2. The third kappa shape index (κ3) is 4.89. The molecule has 3 aromatic carbocycles. The van der Waals surface area contributed by atoms with Gasteiger partial charge in [-0.1, -0.05) is 48.0 Å². The van der Waals surface area contributed by atoms with Gasteiger partial charge in [0, 0.05) is 33.3 Å². The largest absolute Gasteiger partial charge is 0.422 e. The number of hydrogen-bond donors (Lipinski definition) is 1. The highest BCUT2D eigenvalue weighted by atomic mass is 35.5. The van der Waals surface area contributed by atoms with E-state index in [-0.39, 0.29) is 21.9 Å². The van der Waals surface area contributed by atoms with E-state index in [1.807, 2.05) is 24.3 Å². The number of hydrogen-bond acceptors (Lipinski definition) is 7. The van der Waals surface area contributed by atoms with Crippen molar-refractivity contribution in [1.29, 1.82) is 0 Å². The lowest BCUT2D eigenvalue weighted by molar-refractivity contribution is -0.384. The summed E-state index contributed by atoms with van der Waals surface area (Å²) in [6.45, 7) is 0. The van der Waals surface area contributed by atoms with Crippen LogP contribution in [0.15, 0.2) is 77.9 Å². The molecule has 0 aliphatic carbocycles. The minimum absolute atomic E-state index is 0.0838. The Kier molecular flexibility index (Phi) is 6.43. The Morgan fingerprint density at radius 3 is 2.61 bits per heavy atom. The monoisotopic (exact) mass is 479 g/mol. The number of nitrogens with one attached hydrogen (secondary N) is 1. The Morgan fingerprint density at radius 1 is 1.06 bits per heavy atom. The Hall–Kier alpha value is -4.08. The number of ether oxygens (including phenoxy) is 1. The Bertz CT molecular complexity index is 1420. The second kappa shape index (κ2) is 9.60. The first-order valence-corrected chi connectivity index (χ1v) is 10.7. The van der Waals surface area contributed by atoms with Crippen LogP contribution >= 0.6 is 22.9 Å². The summed E-state index contributed by atoms with van der Waals surface area (Å²) in [5, 5.41) is 15.8. The van der Waals surface area contributed by atoms with Crippen molar-refractivity contribution in [3.8, 4) is 5.75 Å². The molecule has 0 saturated heterocycles. The number of fused-ring (bicyclic) bond motifs is 1. The number of carbonyl (C=O) groups excluding carboxylic acids is 2.